The van der Waals surface area contributed by atoms with Crippen molar-refractivity contribution in [2.45, 2.75) is 6.04 Å². The number of benzene rings is 2. The molecule has 0 radical (unpaired) electrons. The minimum atomic E-state index is -0.646. The van der Waals surface area contributed by atoms with E-state index in [1.165, 1.54) is 7.11 Å². The van der Waals surface area contributed by atoms with Crippen LogP contribution in [0.25, 0.3) is 0 Å². The molecule has 1 amide bonds. The number of hydrogen-bond acceptors (Lipinski definition) is 5. The number of rotatable bonds is 7. The first-order valence-electron chi connectivity index (χ1n) is 7.20. The van der Waals surface area contributed by atoms with Crippen molar-refractivity contribution in [2.24, 2.45) is 5.73 Å². The van der Waals surface area contributed by atoms with E-state index in [1.807, 2.05) is 48.5 Å². The molecule has 0 saturated carbocycles. The molecule has 7 heteroatoms. The zero-order valence-electron chi connectivity index (χ0n) is 13.1. The van der Waals surface area contributed by atoms with Crippen molar-refractivity contribution in [2.75, 3.05) is 18.2 Å². The molecule has 0 spiro atoms. The van der Waals surface area contributed by atoms with Crippen molar-refractivity contribution in [3.63, 3.8) is 0 Å². The third kappa shape index (κ3) is 5.39. The molecule has 3 N–H and O–H groups in total. The molecule has 0 aliphatic carbocycles. The normalized spacial score (nSPS) is 11.6. The quantitative estimate of drug-likeness (QED) is 0.534. The van der Waals surface area contributed by atoms with Gasteiger partial charge in [0, 0.05) is 0 Å². The molecule has 2 aromatic rings. The average molecular weight is 409 g/mol. The number of carbonyl (C=O) groups excluding carboxylic acids is 2. The Kier molecular flexibility index (Phi) is 7.34. The number of methoxy groups -OCH3 is 1. The molecule has 126 valence electrons. The first-order valence-corrected chi connectivity index (χ1v) is 11.1. The van der Waals surface area contributed by atoms with E-state index < -0.39 is 12.0 Å². The third-order valence-corrected chi connectivity index (χ3v) is 7.33. The van der Waals surface area contributed by atoms with Gasteiger partial charge in [-0.1, -0.05) is 0 Å². The summed E-state index contributed by atoms with van der Waals surface area (Å²) in [5.74, 6) is -0.105. The zero-order valence-corrected chi connectivity index (χ0v) is 15.6. The van der Waals surface area contributed by atoms with Crippen LogP contribution in [-0.2, 0) is 9.53 Å². The number of nitrogens with two attached hydrogens (primary N) is 1. The molecule has 0 bridgehead atoms. The number of ether oxygens (including phenoxy) is 1. The molecule has 0 heterocycles. The molecule has 0 saturated heterocycles. The Morgan fingerprint density at radius 3 is 2.54 bits per heavy atom. The Morgan fingerprint density at radius 1 is 1.17 bits per heavy atom. The summed E-state index contributed by atoms with van der Waals surface area (Å²) in [6.45, 7) is 0. The monoisotopic (exact) mass is 410 g/mol. The van der Waals surface area contributed by atoms with E-state index in [-0.39, 0.29) is 19.7 Å². The van der Waals surface area contributed by atoms with Gasteiger partial charge in [0.2, 0.25) is 0 Å². The van der Waals surface area contributed by atoms with Crippen LogP contribution in [0.2, 0.25) is 0 Å². The number of hydrogen-bond donors (Lipinski definition) is 2. The second-order valence-corrected chi connectivity index (χ2v) is 9.00. The maximum absolute atomic E-state index is 12.5. The number of para-hydroxylation sites is 1. The van der Waals surface area contributed by atoms with Crippen LogP contribution >= 0.6 is 10.2 Å². The fourth-order valence-electron chi connectivity index (χ4n) is 1.84. The summed E-state index contributed by atoms with van der Waals surface area (Å²) in [5, 5.41) is 2.89. The third-order valence-electron chi connectivity index (χ3n) is 3.06. The number of amides is 1. The molecular weight excluding hydrogens is 391 g/mol. The molecule has 0 aromatic heterocycles. The van der Waals surface area contributed by atoms with Gasteiger partial charge in [0.25, 0.3) is 0 Å². The molecule has 0 aliphatic rings. The van der Waals surface area contributed by atoms with Gasteiger partial charge in [-0.15, -0.1) is 0 Å². The summed E-state index contributed by atoms with van der Waals surface area (Å²) in [6.07, 6.45) is 0. The average Bonchev–Trinajstić information content (AvgIpc) is 2.62. The Morgan fingerprint density at radius 2 is 1.83 bits per heavy atom. The first kappa shape index (κ1) is 18.5. The van der Waals surface area contributed by atoms with Gasteiger partial charge in [-0.05, 0) is 0 Å². The van der Waals surface area contributed by atoms with Crippen molar-refractivity contribution < 1.29 is 14.3 Å². The maximum atomic E-state index is 12.5. The van der Waals surface area contributed by atoms with Gasteiger partial charge >= 0.3 is 150 Å². The van der Waals surface area contributed by atoms with Crippen LogP contribution in [0.3, 0.4) is 0 Å². The molecule has 0 unspecified atom stereocenters. The Hall–Kier alpha value is -1.79. The van der Waals surface area contributed by atoms with Crippen LogP contribution in [0.1, 0.15) is 10.4 Å². The van der Waals surface area contributed by atoms with Crippen LogP contribution in [0.4, 0.5) is 5.69 Å². The zero-order chi connectivity index (χ0) is 17.4. The van der Waals surface area contributed by atoms with Gasteiger partial charge in [-0.3, -0.25) is 0 Å². The number of anilines is 1. The van der Waals surface area contributed by atoms with Gasteiger partial charge in [-0.25, -0.2) is 0 Å². The summed E-state index contributed by atoms with van der Waals surface area (Å²) < 4.78 is 5.57. The predicted octanol–water partition coefficient (Wildman–Crippen LogP) is 1.42. The topological polar surface area (TPSA) is 81.4 Å². The first-order chi connectivity index (χ1) is 11.6. The van der Waals surface area contributed by atoms with E-state index in [4.69, 9.17) is 5.73 Å². The molecular formula is C17H18N2O3SSe. The van der Waals surface area contributed by atoms with Gasteiger partial charge < -0.3 is 0 Å². The predicted molar refractivity (Wildman–Crippen MR) is 98.7 cm³/mol. The van der Waals surface area contributed by atoms with E-state index in [9.17, 15) is 9.59 Å². The van der Waals surface area contributed by atoms with Crippen LogP contribution in [0.5, 0.6) is 0 Å². The summed E-state index contributed by atoms with van der Waals surface area (Å²) in [6, 6.07) is 16.1. The van der Waals surface area contributed by atoms with Gasteiger partial charge in [0.1, 0.15) is 0 Å². The fourth-order valence-corrected chi connectivity index (χ4v) is 6.03. The molecule has 5 nitrogen and oxygen atoms in total. The second-order valence-electron chi connectivity index (χ2n) is 4.81. The SMILES string of the molecule is COC(=O)[C@@H](N)CS[Se]c1ccccc1C(=O)Nc1ccccc1. The molecule has 2 rings (SSSR count). The van der Waals surface area contributed by atoms with Crippen LogP contribution in [-0.4, -0.2) is 44.6 Å². The summed E-state index contributed by atoms with van der Waals surface area (Å²) in [5.41, 5.74) is 7.12. The van der Waals surface area contributed by atoms with Crippen molar-refractivity contribution in [3.8, 4) is 0 Å². The number of carbonyl (C=O) groups is 2. The Balaban J connectivity index is 1.99. The van der Waals surface area contributed by atoms with Crippen molar-refractivity contribution in [3.05, 3.63) is 60.2 Å². The van der Waals surface area contributed by atoms with Crippen molar-refractivity contribution >= 4 is 46.0 Å². The Labute approximate surface area is 150 Å². The minimum absolute atomic E-state index is 0.0315. The van der Waals surface area contributed by atoms with E-state index >= 15 is 0 Å². The fraction of sp³-hybridized carbons (Fsp3) is 0.176. The number of esters is 1. The molecule has 0 aliphatic heterocycles. The summed E-state index contributed by atoms with van der Waals surface area (Å²) in [4.78, 5) is 23.8. The van der Waals surface area contributed by atoms with Crippen LogP contribution in [0, 0.1) is 0 Å². The van der Waals surface area contributed by atoms with E-state index in [1.54, 1.807) is 16.2 Å². The van der Waals surface area contributed by atoms with E-state index in [2.05, 4.69) is 10.1 Å². The summed E-state index contributed by atoms with van der Waals surface area (Å²) >= 11 is -0.0315. The standard InChI is InChI=1S/C17H18N2O3SSe/c1-22-17(21)14(18)11-23-24-15-10-6-5-9-13(15)16(20)19-12-7-3-2-4-8-12/h2-10,14H,11,18H2,1H3,(H,19,20)/t14-/m0/s1. The van der Waals surface area contributed by atoms with Gasteiger partial charge in [-0.2, -0.15) is 0 Å². The van der Waals surface area contributed by atoms with E-state index in [0.717, 1.165) is 10.1 Å². The Bertz CT molecular complexity index is 697. The number of nitrogens with one attached hydrogen (secondary N) is 1. The van der Waals surface area contributed by atoms with Gasteiger partial charge in [0.05, 0.1) is 0 Å². The van der Waals surface area contributed by atoms with Crippen molar-refractivity contribution in [1.82, 2.24) is 0 Å². The van der Waals surface area contributed by atoms with E-state index in [0.29, 0.717) is 11.3 Å². The van der Waals surface area contributed by atoms with Crippen LogP contribution in [0.15, 0.2) is 54.6 Å². The van der Waals surface area contributed by atoms with Crippen molar-refractivity contribution in [1.29, 1.82) is 0 Å². The molecule has 24 heavy (non-hydrogen) atoms. The molecule has 1 atom stereocenters. The summed E-state index contributed by atoms with van der Waals surface area (Å²) in [7, 11) is 2.87. The second kappa shape index (κ2) is 9.49. The molecule has 2 aromatic carbocycles. The van der Waals surface area contributed by atoms with Crippen LogP contribution < -0.4 is 15.5 Å². The molecule has 0 fully saturated rings. The van der Waals surface area contributed by atoms with Gasteiger partial charge in [0.15, 0.2) is 0 Å².